The molecule has 10 heteroatoms. The summed E-state index contributed by atoms with van der Waals surface area (Å²) < 4.78 is 21.0. The van der Waals surface area contributed by atoms with Gasteiger partial charge in [0.05, 0.1) is 6.10 Å². The highest BCUT2D eigenvalue weighted by Crippen LogP contribution is 2.23. The first-order valence-electron chi connectivity index (χ1n) is 14.4. The molecule has 1 saturated heterocycles. The number of imidazole rings is 1. The van der Waals surface area contributed by atoms with Gasteiger partial charge in [0.25, 0.3) is 5.91 Å². The summed E-state index contributed by atoms with van der Waals surface area (Å²) in [5, 5.41) is 2.91. The van der Waals surface area contributed by atoms with E-state index in [0.29, 0.717) is 38.2 Å². The third kappa shape index (κ3) is 6.89. The number of likely N-dealkylation sites (tertiary alicyclic amines) is 1. The number of halogens is 1. The maximum atomic E-state index is 13.8. The number of hydrogen-bond acceptors (Lipinski definition) is 5. The molecule has 0 unspecified atom stereocenters. The second-order valence-corrected chi connectivity index (χ2v) is 11.0. The van der Waals surface area contributed by atoms with Gasteiger partial charge in [0.15, 0.2) is 0 Å². The van der Waals surface area contributed by atoms with Gasteiger partial charge < -0.3 is 24.4 Å². The Hall–Kier alpha value is -3.27. The van der Waals surface area contributed by atoms with Gasteiger partial charge in [-0.3, -0.25) is 14.4 Å². The van der Waals surface area contributed by atoms with E-state index in [1.54, 1.807) is 28.9 Å². The summed E-state index contributed by atoms with van der Waals surface area (Å²) >= 11 is 0. The summed E-state index contributed by atoms with van der Waals surface area (Å²) in [6.07, 6.45) is 5.98. The summed E-state index contributed by atoms with van der Waals surface area (Å²) in [6, 6.07) is 5.28. The van der Waals surface area contributed by atoms with Crippen molar-refractivity contribution in [1.82, 2.24) is 24.7 Å². The van der Waals surface area contributed by atoms with Crippen molar-refractivity contribution in [2.45, 2.75) is 84.0 Å². The van der Waals surface area contributed by atoms with E-state index in [4.69, 9.17) is 4.74 Å². The Morgan fingerprint density at radius 1 is 1.18 bits per heavy atom. The number of aryl methyl sites for hydroxylation is 2. The standard InChI is InChI=1S/C30H42FN5O4/c1-5-20(2)28(37)33-27(21(3)40-4)30(39)36-16-6-8-24(36)18-35(17-14-22-10-12-23(31)13-11-22)29(38)25-19-34-15-7-9-26(34)32-25/h10-13,19-21,24,27H,5-9,14-18H2,1-4H3,(H,33,37)/t20-,21-,24+,27+/m1/s1. The Bertz CT molecular complexity index is 1160. The zero-order chi connectivity index (χ0) is 28.8. The molecule has 4 atom stereocenters. The van der Waals surface area contributed by atoms with Crippen LogP contribution >= 0.6 is 0 Å². The van der Waals surface area contributed by atoms with Crippen LogP contribution in [0.15, 0.2) is 30.5 Å². The van der Waals surface area contributed by atoms with Crippen LogP contribution in [0.25, 0.3) is 0 Å². The molecule has 3 heterocycles. The molecule has 2 aliphatic heterocycles. The number of benzene rings is 1. The van der Waals surface area contributed by atoms with Gasteiger partial charge in [-0.1, -0.05) is 26.0 Å². The Kier molecular flexibility index (Phi) is 9.95. The lowest BCUT2D eigenvalue weighted by Gasteiger charge is -2.34. The highest BCUT2D eigenvalue weighted by Gasteiger charge is 2.38. The second kappa shape index (κ2) is 13.4. The molecule has 2 aliphatic rings. The van der Waals surface area contributed by atoms with Crippen LogP contribution < -0.4 is 5.32 Å². The molecule has 0 spiro atoms. The Labute approximate surface area is 236 Å². The summed E-state index contributed by atoms with van der Waals surface area (Å²) in [7, 11) is 1.53. The van der Waals surface area contributed by atoms with Gasteiger partial charge in [0, 0.05) is 57.9 Å². The molecule has 0 aliphatic carbocycles. The fourth-order valence-corrected chi connectivity index (χ4v) is 5.46. The topological polar surface area (TPSA) is 96.8 Å². The van der Waals surface area contributed by atoms with E-state index < -0.39 is 12.1 Å². The van der Waals surface area contributed by atoms with Crippen molar-refractivity contribution >= 4 is 17.7 Å². The molecule has 0 saturated carbocycles. The molecule has 4 rings (SSSR count). The van der Waals surface area contributed by atoms with E-state index >= 15 is 0 Å². The SMILES string of the molecule is CC[C@@H](C)C(=O)N[C@H](C(=O)N1CCC[C@H]1CN(CCc1ccc(F)cc1)C(=O)c1cn2c(n1)CCC2)[C@@H](C)OC. The maximum Gasteiger partial charge on any atom is 0.274 e. The van der Waals surface area contributed by atoms with Crippen LogP contribution in [0.2, 0.25) is 0 Å². The van der Waals surface area contributed by atoms with Crippen LogP contribution in [-0.4, -0.2) is 82.0 Å². The molecule has 1 N–H and O–H groups in total. The van der Waals surface area contributed by atoms with Crippen molar-refractivity contribution in [1.29, 1.82) is 0 Å². The predicted molar refractivity (Wildman–Crippen MR) is 149 cm³/mol. The van der Waals surface area contributed by atoms with Gasteiger partial charge in [-0.25, -0.2) is 9.37 Å². The van der Waals surface area contributed by atoms with E-state index in [1.165, 1.54) is 19.2 Å². The quantitative estimate of drug-likeness (QED) is 0.434. The average molecular weight is 556 g/mol. The van der Waals surface area contributed by atoms with E-state index in [-0.39, 0.29) is 35.5 Å². The third-order valence-electron chi connectivity index (χ3n) is 8.30. The minimum absolute atomic E-state index is 0.171. The van der Waals surface area contributed by atoms with E-state index in [9.17, 15) is 18.8 Å². The fourth-order valence-electron chi connectivity index (χ4n) is 5.46. The normalized spacial score (nSPS) is 18.7. The lowest BCUT2D eigenvalue weighted by atomic mass is 10.1. The van der Waals surface area contributed by atoms with Crippen molar-refractivity contribution in [2.24, 2.45) is 5.92 Å². The van der Waals surface area contributed by atoms with Gasteiger partial charge in [-0.15, -0.1) is 0 Å². The number of amides is 3. The number of aromatic nitrogens is 2. The molecular weight excluding hydrogens is 513 g/mol. The molecule has 218 valence electrons. The Morgan fingerprint density at radius 2 is 1.93 bits per heavy atom. The Morgan fingerprint density at radius 3 is 2.60 bits per heavy atom. The number of methoxy groups -OCH3 is 1. The first-order chi connectivity index (χ1) is 19.2. The van der Waals surface area contributed by atoms with Crippen molar-refractivity contribution in [3.05, 3.63) is 53.4 Å². The fraction of sp³-hybridized carbons (Fsp3) is 0.600. The number of carbonyl (C=O) groups excluding carboxylic acids is 3. The Balaban J connectivity index is 1.52. The molecule has 0 bridgehead atoms. The van der Waals surface area contributed by atoms with Crippen LogP contribution in [0.4, 0.5) is 4.39 Å². The maximum absolute atomic E-state index is 13.8. The minimum Gasteiger partial charge on any atom is -0.379 e. The largest absolute Gasteiger partial charge is 0.379 e. The molecular formula is C30H42FN5O4. The number of nitrogens with one attached hydrogen (secondary N) is 1. The van der Waals surface area contributed by atoms with Gasteiger partial charge in [0.1, 0.15) is 23.4 Å². The van der Waals surface area contributed by atoms with Crippen molar-refractivity contribution in [2.75, 3.05) is 26.7 Å². The van der Waals surface area contributed by atoms with Crippen molar-refractivity contribution in [3.8, 4) is 0 Å². The van der Waals surface area contributed by atoms with E-state index in [1.807, 2.05) is 24.6 Å². The number of ether oxygens (including phenoxy) is 1. The average Bonchev–Trinajstić information content (AvgIpc) is 3.70. The number of fused-ring (bicyclic) bond motifs is 1. The number of nitrogens with zero attached hydrogens (tertiary/aromatic N) is 4. The van der Waals surface area contributed by atoms with Crippen molar-refractivity contribution < 1.29 is 23.5 Å². The van der Waals surface area contributed by atoms with Gasteiger partial charge in [-0.2, -0.15) is 0 Å². The van der Waals surface area contributed by atoms with E-state index in [0.717, 1.165) is 43.6 Å². The van der Waals surface area contributed by atoms with Gasteiger partial charge >= 0.3 is 0 Å². The predicted octanol–water partition coefficient (Wildman–Crippen LogP) is 3.21. The first kappa shape index (κ1) is 29.7. The highest BCUT2D eigenvalue weighted by molar-refractivity contribution is 5.92. The van der Waals surface area contributed by atoms with E-state index in [2.05, 4.69) is 10.3 Å². The van der Waals surface area contributed by atoms with Crippen LogP contribution in [0.1, 0.15) is 68.3 Å². The third-order valence-corrected chi connectivity index (χ3v) is 8.30. The van der Waals surface area contributed by atoms with Crippen LogP contribution in [0.3, 0.4) is 0 Å². The lowest BCUT2D eigenvalue weighted by Crippen LogP contribution is -2.57. The number of rotatable bonds is 12. The molecule has 3 amide bonds. The summed E-state index contributed by atoms with van der Waals surface area (Å²) in [4.78, 5) is 48.4. The zero-order valence-corrected chi connectivity index (χ0v) is 24.1. The van der Waals surface area contributed by atoms with Crippen molar-refractivity contribution in [3.63, 3.8) is 0 Å². The molecule has 1 fully saturated rings. The molecule has 9 nitrogen and oxygen atoms in total. The molecule has 0 radical (unpaired) electrons. The first-order valence-corrected chi connectivity index (χ1v) is 14.4. The molecule has 1 aromatic heterocycles. The van der Waals surface area contributed by atoms with Crippen LogP contribution in [0.5, 0.6) is 0 Å². The zero-order valence-electron chi connectivity index (χ0n) is 24.1. The summed E-state index contributed by atoms with van der Waals surface area (Å²) in [5.41, 5.74) is 1.34. The highest BCUT2D eigenvalue weighted by atomic mass is 19.1. The monoisotopic (exact) mass is 555 g/mol. The minimum atomic E-state index is -0.813. The number of carbonyl (C=O) groups is 3. The molecule has 40 heavy (non-hydrogen) atoms. The number of hydrogen-bond donors (Lipinski definition) is 1. The smallest absolute Gasteiger partial charge is 0.274 e. The van der Waals surface area contributed by atoms with Gasteiger partial charge in [0.2, 0.25) is 11.8 Å². The summed E-state index contributed by atoms with van der Waals surface area (Å²) in [5.74, 6) is -0.137. The second-order valence-electron chi connectivity index (χ2n) is 11.0. The molecule has 2 aromatic rings. The van der Waals surface area contributed by atoms with Crippen LogP contribution in [-0.2, 0) is 33.7 Å². The van der Waals surface area contributed by atoms with Crippen LogP contribution in [0, 0.1) is 11.7 Å². The van der Waals surface area contributed by atoms with Gasteiger partial charge in [-0.05, 0) is 56.7 Å². The molecule has 1 aromatic carbocycles. The summed E-state index contributed by atoms with van der Waals surface area (Å²) in [6.45, 7) is 7.72. The lowest BCUT2D eigenvalue weighted by molar-refractivity contribution is -0.141.